The maximum absolute atomic E-state index is 9.91. The molecular weight excluding hydrogens is 240 g/mol. The van der Waals surface area contributed by atoms with Crippen LogP contribution in [0, 0.1) is 0 Å². The van der Waals surface area contributed by atoms with Crippen LogP contribution in [0.2, 0.25) is 0 Å². The molecule has 0 radical (unpaired) electrons. The first-order chi connectivity index (χ1) is 9.29. The number of hydrogen-bond acceptors (Lipinski definition) is 2. The van der Waals surface area contributed by atoms with E-state index < -0.39 is 6.10 Å². The highest BCUT2D eigenvalue weighted by atomic mass is 16.3. The molecule has 0 fully saturated rings. The summed E-state index contributed by atoms with van der Waals surface area (Å²) in [5.41, 5.74) is 11.1. The van der Waals surface area contributed by atoms with Gasteiger partial charge in [-0.1, -0.05) is 35.4 Å². The number of H-pyrrole nitrogens is 1. The van der Waals surface area contributed by atoms with Crippen molar-refractivity contribution < 1.29 is 5.11 Å². The van der Waals surface area contributed by atoms with Crippen LogP contribution in [0.15, 0.2) is 47.6 Å². The number of rotatable bonds is 3. The van der Waals surface area contributed by atoms with Gasteiger partial charge in [-0.15, -0.1) is 0 Å². The molecule has 0 bridgehead atoms. The minimum Gasteiger partial charge on any atom is -0.388 e. The molecule has 94 valence electrons. The summed E-state index contributed by atoms with van der Waals surface area (Å²) < 4.78 is 0. The van der Waals surface area contributed by atoms with Crippen LogP contribution in [0.1, 0.15) is 11.7 Å². The van der Waals surface area contributed by atoms with Crippen LogP contribution in [0.25, 0.3) is 32.2 Å². The molecule has 5 heteroatoms. The van der Waals surface area contributed by atoms with Gasteiger partial charge >= 0.3 is 0 Å². The van der Waals surface area contributed by atoms with Crippen LogP contribution in [0.3, 0.4) is 0 Å². The van der Waals surface area contributed by atoms with Gasteiger partial charge in [0.05, 0.1) is 12.6 Å². The molecule has 0 aliphatic rings. The van der Waals surface area contributed by atoms with E-state index in [2.05, 4.69) is 21.1 Å². The van der Waals surface area contributed by atoms with Gasteiger partial charge < -0.3 is 10.1 Å². The molecule has 1 aromatic heterocycles. The number of para-hydroxylation sites is 1. The first-order valence-corrected chi connectivity index (χ1v) is 5.99. The predicted molar refractivity (Wildman–Crippen MR) is 74.8 cm³/mol. The second-order valence-corrected chi connectivity index (χ2v) is 4.40. The van der Waals surface area contributed by atoms with Crippen LogP contribution in [0.4, 0.5) is 0 Å². The van der Waals surface area contributed by atoms with Crippen molar-refractivity contribution in [3.63, 3.8) is 0 Å². The number of aromatic amines is 1. The lowest BCUT2D eigenvalue weighted by molar-refractivity contribution is 0.187. The molecular formula is C14H12N4O. The first kappa shape index (κ1) is 11.6. The zero-order chi connectivity index (χ0) is 13.2. The van der Waals surface area contributed by atoms with Crippen LogP contribution >= 0.6 is 0 Å². The van der Waals surface area contributed by atoms with Crippen molar-refractivity contribution in [3.8, 4) is 0 Å². The Kier molecular flexibility index (Phi) is 2.83. The monoisotopic (exact) mass is 252 g/mol. The number of aliphatic hydroxyl groups is 1. The standard InChI is InChI=1S/C14H12N4O/c15-18-16-8-14(19)9-5-6-11-10-3-1-2-4-12(10)17-13(11)7-9/h1-7,14,17,19H,8H2/t14-/m0/s1. The molecule has 5 nitrogen and oxygen atoms in total. The number of azide groups is 1. The normalized spacial score (nSPS) is 12.5. The molecule has 3 aromatic rings. The topological polar surface area (TPSA) is 84.8 Å². The summed E-state index contributed by atoms with van der Waals surface area (Å²) >= 11 is 0. The zero-order valence-corrected chi connectivity index (χ0v) is 10.1. The van der Waals surface area contributed by atoms with Crippen LogP contribution in [0.5, 0.6) is 0 Å². The minimum atomic E-state index is -0.772. The average Bonchev–Trinajstić information content (AvgIpc) is 2.82. The summed E-state index contributed by atoms with van der Waals surface area (Å²) in [6, 6.07) is 13.8. The number of benzene rings is 2. The summed E-state index contributed by atoms with van der Waals surface area (Å²) in [4.78, 5) is 5.97. The lowest BCUT2D eigenvalue weighted by Gasteiger charge is -2.07. The number of nitrogens with zero attached hydrogens (tertiary/aromatic N) is 3. The van der Waals surface area contributed by atoms with E-state index in [9.17, 15) is 5.11 Å². The van der Waals surface area contributed by atoms with Gasteiger partial charge in [0.15, 0.2) is 0 Å². The van der Waals surface area contributed by atoms with Crippen molar-refractivity contribution in [1.29, 1.82) is 0 Å². The fourth-order valence-corrected chi connectivity index (χ4v) is 2.30. The van der Waals surface area contributed by atoms with Gasteiger partial charge in [-0.05, 0) is 23.2 Å². The Hall–Kier alpha value is -2.49. The quantitative estimate of drug-likeness (QED) is 0.416. The molecule has 3 rings (SSSR count). The summed E-state index contributed by atoms with van der Waals surface area (Å²) in [6.45, 7) is 0.0439. The van der Waals surface area contributed by atoms with Crippen molar-refractivity contribution in [2.45, 2.75) is 6.10 Å². The molecule has 0 amide bonds. The van der Waals surface area contributed by atoms with Crippen molar-refractivity contribution in [2.75, 3.05) is 6.54 Å². The Balaban J connectivity index is 2.10. The Bertz CT molecular complexity index is 786. The molecule has 0 spiro atoms. The predicted octanol–water partition coefficient (Wildman–Crippen LogP) is 3.66. The fourth-order valence-electron chi connectivity index (χ4n) is 2.30. The van der Waals surface area contributed by atoms with Gasteiger partial charge in [0, 0.05) is 26.7 Å². The lowest BCUT2D eigenvalue weighted by atomic mass is 10.1. The molecule has 0 saturated carbocycles. The highest BCUT2D eigenvalue weighted by Gasteiger charge is 2.09. The van der Waals surface area contributed by atoms with Gasteiger partial charge in [0.1, 0.15) is 0 Å². The van der Waals surface area contributed by atoms with E-state index in [1.807, 2.05) is 36.4 Å². The van der Waals surface area contributed by atoms with Crippen molar-refractivity contribution >= 4 is 21.8 Å². The molecule has 1 atom stereocenters. The summed E-state index contributed by atoms with van der Waals surface area (Å²) in [6.07, 6.45) is -0.772. The highest BCUT2D eigenvalue weighted by molar-refractivity contribution is 6.07. The second-order valence-electron chi connectivity index (χ2n) is 4.40. The van der Waals surface area contributed by atoms with Gasteiger partial charge in [-0.2, -0.15) is 0 Å². The fraction of sp³-hybridized carbons (Fsp3) is 0.143. The van der Waals surface area contributed by atoms with E-state index in [4.69, 9.17) is 5.53 Å². The summed E-state index contributed by atoms with van der Waals surface area (Å²) in [5.74, 6) is 0. The Morgan fingerprint density at radius 1 is 1.16 bits per heavy atom. The number of aliphatic hydroxyl groups excluding tert-OH is 1. The Morgan fingerprint density at radius 3 is 2.79 bits per heavy atom. The van der Waals surface area contributed by atoms with Crippen molar-refractivity contribution in [1.82, 2.24) is 4.98 Å². The number of hydrogen-bond donors (Lipinski definition) is 2. The van der Waals surface area contributed by atoms with Crippen LogP contribution in [-0.2, 0) is 0 Å². The maximum atomic E-state index is 9.91. The van der Waals surface area contributed by atoms with Crippen LogP contribution < -0.4 is 0 Å². The Morgan fingerprint density at radius 2 is 1.95 bits per heavy atom. The third-order valence-corrected chi connectivity index (χ3v) is 3.23. The number of fused-ring (bicyclic) bond motifs is 3. The lowest BCUT2D eigenvalue weighted by Crippen LogP contribution is -2.00. The summed E-state index contributed by atoms with van der Waals surface area (Å²) in [7, 11) is 0. The molecule has 2 N–H and O–H groups in total. The number of nitrogens with one attached hydrogen (secondary N) is 1. The summed E-state index contributed by atoms with van der Waals surface area (Å²) in [5, 5.41) is 15.6. The second kappa shape index (κ2) is 4.65. The first-order valence-electron chi connectivity index (χ1n) is 5.99. The smallest absolute Gasteiger partial charge is 0.0847 e. The third kappa shape index (κ3) is 2.01. The largest absolute Gasteiger partial charge is 0.388 e. The van der Waals surface area contributed by atoms with E-state index in [1.54, 1.807) is 0 Å². The van der Waals surface area contributed by atoms with Crippen molar-refractivity contribution in [3.05, 3.63) is 58.5 Å². The van der Waals surface area contributed by atoms with E-state index in [0.29, 0.717) is 0 Å². The van der Waals surface area contributed by atoms with Gasteiger partial charge in [0.2, 0.25) is 0 Å². The molecule has 0 aliphatic heterocycles. The molecule has 19 heavy (non-hydrogen) atoms. The molecule has 0 unspecified atom stereocenters. The zero-order valence-electron chi connectivity index (χ0n) is 10.1. The van der Waals surface area contributed by atoms with Gasteiger partial charge in [-0.25, -0.2) is 0 Å². The highest BCUT2D eigenvalue weighted by Crippen LogP contribution is 2.27. The van der Waals surface area contributed by atoms with Gasteiger partial charge in [0.25, 0.3) is 0 Å². The maximum Gasteiger partial charge on any atom is 0.0847 e. The van der Waals surface area contributed by atoms with Gasteiger partial charge in [-0.3, -0.25) is 0 Å². The van der Waals surface area contributed by atoms with Crippen LogP contribution in [-0.4, -0.2) is 16.6 Å². The third-order valence-electron chi connectivity index (χ3n) is 3.23. The Labute approximate surface area is 109 Å². The molecule has 0 aliphatic carbocycles. The number of aromatic nitrogens is 1. The average molecular weight is 252 g/mol. The molecule has 2 aromatic carbocycles. The minimum absolute atomic E-state index is 0.0439. The van der Waals surface area contributed by atoms with E-state index in [-0.39, 0.29) is 6.54 Å². The molecule has 0 saturated heterocycles. The molecule has 1 heterocycles. The van der Waals surface area contributed by atoms with E-state index in [1.165, 1.54) is 0 Å². The SMILES string of the molecule is [N-]=[N+]=NC[C@H](O)c1ccc2c(c1)[nH]c1ccccc12. The van der Waals surface area contributed by atoms with Crippen molar-refractivity contribution in [2.24, 2.45) is 5.11 Å². The van der Waals surface area contributed by atoms with E-state index >= 15 is 0 Å². The van der Waals surface area contributed by atoms with E-state index in [0.717, 1.165) is 27.4 Å².